The van der Waals surface area contributed by atoms with Gasteiger partial charge in [-0.15, -0.1) is 0 Å². The molecule has 15 heavy (non-hydrogen) atoms. The molecule has 3 heteroatoms. The standard InChI is InChI=1S/C12H17F2N/c1-3-10(8(2)15)4-9-5-11(13)7-12(14)6-9/h5-8,10H,3-4,15H2,1-2H3. The third kappa shape index (κ3) is 3.59. The Morgan fingerprint density at radius 3 is 2.13 bits per heavy atom. The summed E-state index contributed by atoms with van der Waals surface area (Å²) in [5.41, 5.74) is 6.46. The minimum Gasteiger partial charge on any atom is -0.328 e. The van der Waals surface area contributed by atoms with Gasteiger partial charge in [0.25, 0.3) is 0 Å². The van der Waals surface area contributed by atoms with Crippen molar-refractivity contribution in [3.63, 3.8) is 0 Å². The largest absolute Gasteiger partial charge is 0.328 e. The Labute approximate surface area is 89.3 Å². The minimum absolute atomic E-state index is 0.0429. The van der Waals surface area contributed by atoms with Gasteiger partial charge in [-0.1, -0.05) is 13.3 Å². The van der Waals surface area contributed by atoms with Crippen molar-refractivity contribution >= 4 is 0 Å². The van der Waals surface area contributed by atoms with E-state index in [1.807, 2.05) is 13.8 Å². The van der Waals surface area contributed by atoms with Crippen LogP contribution in [-0.2, 0) is 6.42 Å². The number of hydrogen-bond donors (Lipinski definition) is 1. The highest BCUT2D eigenvalue weighted by Gasteiger charge is 2.13. The fourth-order valence-corrected chi connectivity index (χ4v) is 1.73. The summed E-state index contributed by atoms with van der Waals surface area (Å²) in [6.45, 7) is 3.95. The second-order valence-corrected chi connectivity index (χ2v) is 4.01. The summed E-state index contributed by atoms with van der Waals surface area (Å²) >= 11 is 0. The number of halogens is 2. The molecular weight excluding hydrogens is 196 g/mol. The summed E-state index contributed by atoms with van der Waals surface area (Å²) in [4.78, 5) is 0. The monoisotopic (exact) mass is 213 g/mol. The number of hydrogen-bond acceptors (Lipinski definition) is 1. The van der Waals surface area contributed by atoms with Gasteiger partial charge in [-0.2, -0.15) is 0 Å². The summed E-state index contributed by atoms with van der Waals surface area (Å²) in [7, 11) is 0. The average Bonchev–Trinajstić information content (AvgIpc) is 2.12. The fraction of sp³-hybridized carbons (Fsp3) is 0.500. The maximum absolute atomic E-state index is 12.9. The predicted molar refractivity (Wildman–Crippen MR) is 57.5 cm³/mol. The summed E-state index contributed by atoms with van der Waals surface area (Å²) in [5, 5.41) is 0. The van der Waals surface area contributed by atoms with E-state index in [0.29, 0.717) is 12.0 Å². The van der Waals surface area contributed by atoms with Crippen molar-refractivity contribution in [3.05, 3.63) is 35.4 Å². The van der Waals surface area contributed by atoms with Crippen molar-refractivity contribution < 1.29 is 8.78 Å². The van der Waals surface area contributed by atoms with Gasteiger partial charge in [0.15, 0.2) is 0 Å². The van der Waals surface area contributed by atoms with Crippen molar-refractivity contribution in [2.75, 3.05) is 0 Å². The van der Waals surface area contributed by atoms with Crippen LogP contribution >= 0.6 is 0 Å². The van der Waals surface area contributed by atoms with E-state index in [1.165, 1.54) is 12.1 Å². The van der Waals surface area contributed by atoms with Crippen molar-refractivity contribution in [2.45, 2.75) is 32.7 Å². The van der Waals surface area contributed by atoms with Crippen LogP contribution < -0.4 is 5.73 Å². The van der Waals surface area contributed by atoms with Gasteiger partial charge in [0.2, 0.25) is 0 Å². The van der Waals surface area contributed by atoms with Crippen molar-refractivity contribution in [1.29, 1.82) is 0 Å². The average molecular weight is 213 g/mol. The molecule has 0 aliphatic heterocycles. The first kappa shape index (κ1) is 12.1. The molecule has 0 bridgehead atoms. The Morgan fingerprint density at radius 2 is 1.73 bits per heavy atom. The Bertz CT molecular complexity index is 303. The topological polar surface area (TPSA) is 26.0 Å². The molecule has 1 aromatic rings. The van der Waals surface area contributed by atoms with Crippen molar-refractivity contribution in [1.82, 2.24) is 0 Å². The van der Waals surface area contributed by atoms with E-state index >= 15 is 0 Å². The Kier molecular flexibility index (Phi) is 4.21. The molecule has 0 fully saturated rings. The first-order valence-corrected chi connectivity index (χ1v) is 5.23. The van der Waals surface area contributed by atoms with Crippen LogP contribution in [0.2, 0.25) is 0 Å². The molecular formula is C12H17F2N. The van der Waals surface area contributed by atoms with E-state index < -0.39 is 11.6 Å². The van der Waals surface area contributed by atoms with Gasteiger partial charge in [-0.3, -0.25) is 0 Å². The lowest BCUT2D eigenvalue weighted by molar-refractivity contribution is 0.425. The molecule has 1 nitrogen and oxygen atoms in total. The third-order valence-corrected chi connectivity index (χ3v) is 2.69. The second kappa shape index (κ2) is 5.21. The first-order valence-electron chi connectivity index (χ1n) is 5.23. The van der Waals surface area contributed by atoms with E-state index in [4.69, 9.17) is 5.73 Å². The van der Waals surface area contributed by atoms with Gasteiger partial charge in [-0.05, 0) is 37.0 Å². The van der Waals surface area contributed by atoms with Crippen molar-refractivity contribution in [3.8, 4) is 0 Å². The molecule has 2 atom stereocenters. The molecule has 0 amide bonds. The van der Waals surface area contributed by atoms with Crippen LogP contribution in [0.25, 0.3) is 0 Å². The van der Waals surface area contributed by atoms with Crippen molar-refractivity contribution in [2.24, 2.45) is 11.7 Å². The number of benzene rings is 1. The maximum Gasteiger partial charge on any atom is 0.126 e. The third-order valence-electron chi connectivity index (χ3n) is 2.69. The molecule has 1 rings (SSSR count). The van der Waals surface area contributed by atoms with E-state index in [-0.39, 0.29) is 12.0 Å². The summed E-state index contributed by atoms with van der Waals surface area (Å²) in [5.74, 6) is -0.778. The Balaban J connectivity index is 2.79. The molecule has 0 saturated carbocycles. The fourth-order valence-electron chi connectivity index (χ4n) is 1.73. The van der Waals surface area contributed by atoms with Gasteiger partial charge < -0.3 is 5.73 Å². The van der Waals surface area contributed by atoms with E-state index in [9.17, 15) is 8.78 Å². The molecule has 0 aliphatic carbocycles. The maximum atomic E-state index is 12.9. The van der Waals surface area contributed by atoms with Gasteiger partial charge in [-0.25, -0.2) is 8.78 Å². The zero-order chi connectivity index (χ0) is 11.4. The highest BCUT2D eigenvalue weighted by atomic mass is 19.1. The quantitative estimate of drug-likeness (QED) is 0.817. The molecule has 0 aliphatic rings. The SMILES string of the molecule is CCC(Cc1cc(F)cc(F)c1)C(C)N. The molecule has 0 radical (unpaired) electrons. The van der Waals surface area contributed by atoms with Crippen LogP contribution in [0.15, 0.2) is 18.2 Å². The first-order chi connectivity index (χ1) is 7.02. The number of nitrogens with two attached hydrogens (primary N) is 1. The minimum atomic E-state index is -0.524. The van der Waals surface area contributed by atoms with E-state index in [0.717, 1.165) is 12.5 Å². The lowest BCUT2D eigenvalue weighted by Gasteiger charge is -2.18. The lowest BCUT2D eigenvalue weighted by atomic mass is 9.91. The Hall–Kier alpha value is -0.960. The van der Waals surface area contributed by atoms with Gasteiger partial charge in [0, 0.05) is 12.1 Å². The molecule has 0 spiro atoms. The van der Waals surface area contributed by atoms with E-state index in [1.54, 1.807) is 0 Å². The molecule has 2 N–H and O–H groups in total. The zero-order valence-electron chi connectivity index (χ0n) is 9.13. The number of rotatable bonds is 4. The van der Waals surface area contributed by atoms with Crippen LogP contribution in [0.3, 0.4) is 0 Å². The van der Waals surface area contributed by atoms with E-state index in [2.05, 4.69) is 0 Å². The molecule has 0 saturated heterocycles. The Morgan fingerprint density at radius 1 is 1.20 bits per heavy atom. The predicted octanol–water partition coefficient (Wildman–Crippen LogP) is 2.88. The summed E-state index contributed by atoms with van der Waals surface area (Å²) < 4.78 is 25.8. The molecule has 1 aromatic carbocycles. The normalized spacial score (nSPS) is 15.0. The highest BCUT2D eigenvalue weighted by molar-refractivity contribution is 5.18. The van der Waals surface area contributed by atoms with Crippen LogP contribution in [0.4, 0.5) is 8.78 Å². The highest BCUT2D eigenvalue weighted by Crippen LogP contribution is 2.17. The van der Waals surface area contributed by atoms with Gasteiger partial charge in [0.1, 0.15) is 11.6 Å². The molecule has 0 aromatic heterocycles. The summed E-state index contributed by atoms with van der Waals surface area (Å²) in [6.07, 6.45) is 1.54. The second-order valence-electron chi connectivity index (χ2n) is 4.01. The summed E-state index contributed by atoms with van der Waals surface area (Å²) in [6, 6.07) is 3.67. The van der Waals surface area contributed by atoms with Crippen LogP contribution in [0.1, 0.15) is 25.8 Å². The smallest absolute Gasteiger partial charge is 0.126 e. The lowest BCUT2D eigenvalue weighted by Crippen LogP contribution is -2.27. The van der Waals surface area contributed by atoms with Crippen LogP contribution in [0.5, 0.6) is 0 Å². The van der Waals surface area contributed by atoms with Crippen LogP contribution in [0, 0.1) is 17.6 Å². The van der Waals surface area contributed by atoms with Gasteiger partial charge in [0.05, 0.1) is 0 Å². The molecule has 2 unspecified atom stereocenters. The molecule has 0 heterocycles. The van der Waals surface area contributed by atoms with Crippen LogP contribution in [-0.4, -0.2) is 6.04 Å². The molecule has 84 valence electrons. The zero-order valence-corrected chi connectivity index (χ0v) is 9.13. The van der Waals surface area contributed by atoms with Gasteiger partial charge >= 0.3 is 0 Å².